The Morgan fingerprint density at radius 1 is 1.59 bits per heavy atom. The summed E-state index contributed by atoms with van der Waals surface area (Å²) in [7, 11) is 0. The van der Waals surface area contributed by atoms with Gasteiger partial charge in [0.1, 0.15) is 12.4 Å². The van der Waals surface area contributed by atoms with Crippen LogP contribution in [0.1, 0.15) is 12.5 Å². The molecule has 0 atom stereocenters. The number of halogens is 1. The van der Waals surface area contributed by atoms with E-state index in [-0.39, 0.29) is 6.61 Å². The highest BCUT2D eigenvalue weighted by atomic mass is 79.9. The van der Waals surface area contributed by atoms with Crippen LogP contribution in [-0.4, -0.2) is 13.2 Å². The van der Waals surface area contributed by atoms with Crippen LogP contribution in [0.5, 0.6) is 5.75 Å². The summed E-state index contributed by atoms with van der Waals surface area (Å²) in [5.41, 5.74) is 2.18. The standard InChI is InChI=1S/C14H16BrNO/c1-4-7-17-14-6-5-13(15)8-12(14)10-16-9-11(2)3/h1,5-6,8,16H,2,7,9-10H2,3H3. The summed E-state index contributed by atoms with van der Waals surface area (Å²) in [6.45, 7) is 7.64. The van der Waals surface area contributed by atoms with E-state index in [1.165, 1.54) is 0 Å². The molecule has 0 aliphatic rings. The average Bonchev–Trinajstić information content (AvgIpc) is 2.27. The van der Waals surface area contributed by atoms with Crippen molar-refractivity contribution in [3.63, 3.8) is 0 Å². The van der Waals surface area contributed by atoms with Crippen molar-refractivity contribution in [1.82, 2.24) is 5.32 Å². The molecule has 0 amide bonds. The van der Waals surface area contributed by atoms with Gasteiger partial charge in [-0.1, -0.05) is 34.0 Å². The van der Waals surface area contributed by atoms with Gasteiger partial charge >= 0.3 is 0 Å². The van der Waals surface area contributed by atoms with E-state index in [0.717, 1.165) is 34.4 Å². The van der Waals surface area contributed by atoms with Gasteiger partial charge in [-0.15, -0.1) is 6.42 Å². The lowest BCUT2D eigenvalue weighted by Crippen LogP contribution is -2.16. The van der Waals surface area contributed by atoms with Crippen molar-refractivity contribution in [2.24, 2.45) is 0 Å². The molecular formula is C14H16BrNO. The molecule has 0 spiro atoms. The Bertz CT molecular complexity index is 434. The molecule has 2 nitrogen and oxygen atoms in total. The van der Waals surface area contributed by atoms with Crippen LogP contribution in [0.25, 0.3) is 0 Å². The smallest absolute Gasteiger partial charge is 0.148 e. The van der Waals surface area contributed by atoms with Gasteiger partial charge < -0.3 is 10.1 Å². The lowest BCUT2D eigenvalue weighted by Gasteiger charge is -2.11. The van der Waals surface area contributed by atoms with Crippen molar-refractivity contribution < 1.29 is 4.74 Å². The van der Waals surface area contributed by atoms with Crippen molar-refractivity contribution >= 4 is 15.9 Å². The SMILES string of the molecule is C#CCOc1ccc(Br)cc1CNCC(=C)C. The number of hydrogen-bond donors (Lipinski definition) is 1. The largest absolute Gasteiger partial charge is 0.481 e. The lowest BCUT2D eigenvalue weighted by atomic mass is 10.2. The van der Waals surface area contributed by atoms with Crippen molar-refractivity contribution in [1.29, 1.82) is 0 Å². The van der Waals surface area contributed by atoms with Crippen LogP contribution >= 0.6 is 15.9 Å². The minimum absolute atomic E-state index is 0.287. The van der Waals surface area contributed by atoms with Crippen LogP contribution in [0.4, 0.5) is 0 Å². The van der Waals surface area contributed by atoms with E-state index < -0.39 is 0 Å². The molecule has 17 heavy (non-hydrogen) atoms. The zero-order chi connectivity index (χ0) is 12.7. The molecule has 1 N–H and O–H groups in total. The van der Waals surface area contributed by atoms with Crippen LogP contribution in [-0.2, 0) is 6.54 Å². The minimum Gasteiger partial charge on any atom is -0.481 e. The fourth-order valence-electron chi connectivity index (χ4n) is 1.36. The Morgan fingerprint density at radius 2 is 2.35 bits per heavy atom. The van der Waals surface area contributed by atoms with Crippen molar-refractivity contribution in [2.45, 2.75) is 13.5 Å². The number of rotatable bonds is 6. The molecule has 1 aromatic carbocycles. The summed E-state index contributed by atoms with van der Waals surface area (Å²) in [5, 5.41) is 3.29. The van der Waals surface area contributed by atoms with E-state index in [9.17, 15) is 0 Å². The Hall–Kier alpha value is -1.24. The molecule has 1 aromatic rings. The van der Waals surface area contributed by atoms with Gasteiger partial charge in [0.2, 0.25) is 0 Å². The normalized spacial score (nSPS) is 9.71. The Balaban J connectivity index is 2.69. The predicted molar refractivity (Wildman–Crippen MR) is 75.0 cm³/mol. The van der Waals surface area contributed by atoms with Crippen LogP contribution in [0.2, 0.25) is 0 Å². The molecule has 1 rings (SSSR count). The molecule has 0 fully saturated rings. The van der Waals surface area contributed by atoms with Crippen molar-refractivity contribution in [2.75, 3.05) is 13.2 Å². The second-order valence-corrected chi connectivity index (χ2v) is 4.72. The van der Waals surface area contributed by atoms with E-state index in [1.807, 2.05) is 25.1 Å². The second kappa shape index (κ2) is 7.16. The summed E-state index contributed by atoms with van der Waals surface area (Å²) >= 11 is 3.44. The number of ether oxygens (including phenoxy) is 1. The number of nitrogens with one attached hydrogen (secondary N) is 1. The lowest BCUT2D eigenvalue weighted by molar-refractivity contribution is 0.365. The summed E-state index contributed by atoms with van der Waals surface area (Å²) in [6, 6.07) is 5.88. The molecule has 0 bridgehead atoms. The summed E-state index contributed by atoms with van der Waals surface area (Å²) in [5.74, 6) is 3.28. The average molecular weight is 294 g/mol. The van der Waals surface area contributed by atoms with Crippen molar-refractivity contribution in [3.8, 4) is 18.1 Å². The van der Waals surface area contributed by atoms with Crippen LogP contribution in [0, 0.1) is 12.3 Å². The molecule has 3 heteroatoms. The zero-order valence-electron chi connectivity index (χ0n) is 9.92. The summed E-state index contributed by atoms with van der Waals surface area (Å²) < 4.78 is 6.51. The first-order chi connectivity index (χ1) is 8.13. The molecule has 0 saturated carbocycles. The van der Waals surface area contributed by atoms with Gasteiger partial charge in [0.25, 0.3) is 0 Å². The topological polar surface area (TPSA) is 21.3 Å². The van der Waals surface area contributed by atoms with Gasteiger partial charge in [0.05, 0.1) is 0 Å². The first-order valence-corrected chi connectivity index (χ1v) is 6.12. The number of terminal acetylenes is 1. The number of benzene rings is 1. The fraction of sp³-hybridized carbons (Fsp3) is 0.286. The third kappa shape index (κ3) is 5.08. The highest BCUT2D eigenvalue weighted by Gasteiger charge is 2.04. The Kier molecular flexibility index (Phi) is 5.82. The predicted octanol–water partition coefficient (Wildman–Crippen LogP) is 3.13. The molecule has 0 aliphatic carbocycles. The highest BCUT2D eigenvalue weighted by molar-refractivity contribution is 9.10. The highest BCUT2D eigenvalue weighted by Crippen LogP contribution is 2.23. The maximum atomic E-state index is 5.48. The van der Waals surface area contributed by atoms with Gasteiger partial charge in [-0.25, -0.2) is 0 Å². The van der Waals surface area contributed by atoms with Gasteiger partial charge in [-0.05, 0) is 25.1 Å². The minimum atomic E-state index is 0.287. The van der Waals surface area contributed by atoms with Crippen LogP contribution < -0.4 is 10.1 Å². The molecule has 0 aliphatic heterocycles. The monoisotopic (exact) mass is 293 g/mol. The first-order valence-electron chi connectivity index (χ1n) is 5.33. The quantitative estimate of drug-likeness (QED) is 0.643. The molecule has 90 valence electrons. The fourth-order valence-corrected chi connectivity index (χ4v) is 1.77. The second-order valence-electron chi connectivity index (χ2n) is 3.81. The molecule has 0 aromatic heterocycles. The third-order valence-electron chi connectivity index (χ3n) is 2.08. The van der Waals surface area contributed by atoms with E-state index in [1.54, 1.807) is 0 Å². The van der Waals surface area contributed by atoms with Crippen molar-refractivity contribution in [3.05, 3.63) is 40.4 Å². The number of hydrogen-bond acceptors (Lipinski definition) is 2. The van der Waals surface area contributed by atoms with Gasteiger partial charge in [-0.2, -0.15) is 0 Å². The van der Waals surface area contributed by atoms with E-state index in [4.69, 9.17) is 11.2 Å². The molecule has 0 heterocycles. The molecule has 0 unspecified atom stereocenters. The molecular weight excluding hydrogens is 278 g/mol. The van der Waals surface area contributed by atoms with Gasteiger partial charge in [0.15, 0.2) is 0 Å². The molecule has 0 saturated heterocycles. The summed E-state index contributed by atoms with van der Waals surface area (Å²) in [4.78, 5) is 0. The van der Waals surface area contributed by atoms with Gasteiger partial charge in [-0.3, -0.25) is 0 Å². The Morgan fingerprint density at radius 3 is 3.00 bits per heavy atom. The zero-order valence-corrected chi connectivity index (χ0v) is 11.5. The first kappa shape index (κ1) is 13.8. The van der Waals surface area contributed by atoms with Crippen LogP contribution in [0.15, 0.2) is 34.8 Å². The van der Waals surface area contributed by atoms with E-state index in [0.29, 0.717) is 0 Å². The van der Waals surface area contributed by atoms with Gasteiger partial charge in [0, 0.05) is 23.1 Å². The molecule has 0 radical (unpaired) electrons. The maximum absolute atomic E-state index is 5.48. The Labute approximate surface area is 111 Å². The maximum Gasteiger partial charge on any atom is 0.148 e. The van der Waals surface area contributed by atoms with Crippen LogP contribution in [0.3, 0.4) is 0 Å². The van der Waals surface area contributed by atoms with E-state index in [2.05, 4.69) is 33.7 Å². The van der Waals surface area contributed by atoms with E-state index >= 15 is 0 Å². The third-order valence-corrected chi connectivity index (χ3v) is 2.57. The summed E-state index contributed by atoms with van der Waals surface area (Å²) in [6.07, 6.45) is 5.18.